The summed E-state index contributed by atoms with van der Waals surface area (Å²) in [6, 6.07) is 7.95. The monoisotopic (exact) mass is 300 g/mol. The van der Waals surface area contributed by atoms with Crippen molar-refractivity contribution in [1.29, 1.82) is 0 Å². The fourth-order valence-corrected chi connectivity index (χ4v) is 2.44. The Balaban J connectivity index is 2.01. The lowest BCUT2D eigenvalue weighted by Crippen LogP contribution is -2.19. The maximum absolute atomic E-state index is 9.49. The molecule has 116 valence electrons. The second kappa shape index (κ2) is 5.76. The van der Waals surface area contributed by atoms with E-state index < -0.39 is 6.10 Å². The molecule has 7 nitrogen and oxygen atoms in total. The van der Waals surface area contributed by atoms with Crippen molar-refractivity contribution >= 4 is 17.0 Å². The lowest BCUT2D eigenvalue weighted by atomic mass is 10.3. The van der Waals surface area contributed by atoms with Crippen LogP contribution in [0.2, 0.25) is 0 Å². The van der Waals surface area contributed by atoms with Gasteiger partial charge in [0.15, 0.2) is 0 Å². The van der Waals surface area contributed by atoms with Crippen molar-refractivity contribution in [2.24, 2.45) is 7.05 Å². The maximum Gasteiger partial charge on any atom is 0.204 e. The molecule has 0 aliphatic heterocycles. The smallest absolute Gasteiger partial charge is 0.204 e. The zero-order valence-electron chi connectivity index (χ0n) is 13.0. The van der Waals surface area contributed by atoms with E-state index in [-0.39, 0.29) is 0 Å². The zero-order valence-corrected chi connectivity index (χ0v) is 13.0. The molecule has 2 aromatic heterocycles. The van der Waals surface area contributed by atoms with E-state index in [0.29, 0.717) is 13.1 Å². The summed E-state index contributed by atoms with van der Waals surface area (Å²) in [5.74, 6) is 2.34. The van der Waals surface area contributed by atoms with Crippen molar-refractivity contribution in [2.45, 2.75) is 26.5 Å². The van der Waals surface area contributed by atoms with Gasteiger partial charge in [0.2, 0.25) is 5.95 Å². The Labute approximate surface area is 128 Å². The number of nitrogens with one attached hydrogen (secondary N) is 1. The molecule has 1 atom stereocenters. The third kappa shape index (κ3) is 2.80. The lowest BCUT2D eigenvalue weighted by Gasteiger charge is -2.11. The first-order valence-electron chi connectivity index (χ1n) is 7.28. The maximum atomic E-state index is 9.49. The van der Waals surface area contributed by atoms with Gasteiger partial charge in [0.05, 0.1) is 23.7 Å². The molecule has 0 aliphatic rings. The number of hydrogen-bond donors (Lipinski definition) is 2. The highest BCUT2D eigenvalue weighted by atomic mass is 16.3. The average molecular weight is 300 g/mol. The Kier molecular flexibility index (Phi) is 3.81. The van der Waals surface area contributed by atoms with Gasteiger partial charge in [0.1, 0.15) is 11.6 Å². The number of rotatable bonds is 5. The Morgan fingerprint density at radius 2 is 2.05 bits per heavy atom. The van der Waals surface area contributed by atoms with Crippen LogP contribution in [0.15, 0.2) is 24.3 Å². The molecule has 0 unspecified atom stereocenters. The van der Waals surface area contributed by atoms with Gasteiger partial charge in [-0.3, -0.25) is 4.68 Å². The van der Waals surface area contributed by atoms with Crippen LogP contribution in [-0.4, -0.2) is 42.1 Å². The number of aryl methyl sites for hydroxylation is 2. The van der Waals surface area contributed by atoms with Gasteiger partial charge >= 0.3 is 0 Å². The topological polar surface area (TPSA) is 80.8 Å². The Bertz CT molecular complexity index is 789. The number of hydrogen-bond acceptors (Lipinski definition) is 5. The highest BCUT2D eigenvalue weighted by Gasteiger charge is 2.14. The molecule has 0 radical (unpaired) electrons. The molecule has 3 aromatic rings. The van der Waals surface area contributed by atoms with Gasteiger partial charge < -0.3 is 15.0 Å². The number of nitrogens with zero attached hydrogens (tertiary/aromatic N) is 5. The van der Waals surface area contributed by atoms with Crippen LogP contribution in [-0.2, 0) is 13.6 Å². The van der Waals surface area contributed by atoms with Crippen molar-refractivity contribution in [3.05, 3.63) is 35.9 Å². The minimum atomic E-state index is -0.440. The number of imidazole rings is 1. The standard InChI is InChI=1S/C15H20N6O/c1-10(22)8-16-15-18-12-6-4-5-7-13(12)21(15)9-14-17-11(2)19-20(14)3/h4-7,10,22H,8-9H2,1-3H3,(H,16,18)/t10-/m1/s1. The highest BCUT2D eigenvalue weighted by Crippen LogP contribution is 2.20. The Hall–Kier alpha value is -2.41. The van der Waals surface area contributed by atoms with Crippen LogP contribution < -0.4 is 5.32 Å². The number of aromatic nitrogens is 5. The minimum absolute atomic E-state index is 0.440. The normalized spacial score (nSPS) is 12.7. The van der Waals surface area contributed by atoms with Crippen molar-refractivity contribution in [3.63, 3.8) is 0 Å². The number of aliphatic hydroxyl groups is 1. The van der Waals surface area contributed by atoms with E-state index in [1.165, 1.54) is 0 Å². The van der Waals surface area contributed by atoms with E-state index in [9.17, 15) is 5.11 Å². The number of anilines is 1. The summed E-state index contributed by atoms with van der Waals surface area (Å²) in [7, 11) is 1.89. The molecular weight excluding hydrogens is 280 g/mol. The first-order chi connectivity index (χ1) is 10.5. The largest absolute Gasteiger partial charge is 0.392 e. The summed E-state index contributed by atoms with van der Waals surface area (Å²) < 4.78 is 3.84. The minimum Gasteiger partial charge on any atom is -0.392 e. The third-order valence-corrected chi connectivity index (χ3v) is 3.47. The molecule has 0 bridgehead atoms. The van der Waals surface area contributed by atoms with Gasteiger partial charge in [-0.2, -0.15) is 5.10 Å². The third-order valence-electron chi connectivity index (χ3n) is 3.47. The summed E-state index contributed by atoms with van der Waals surface area (Å²) in [5, 5.41) is 17.0. The molecular formula is C15H20N6O. The van der Waals surface area contributed by atoms with Gasteiger partial charge in [-0.25, -0.2) is 9.97 Å². The zero-order chi connectivity index (χ0) is 15.7. The number of benzene rings is 1. The number of para-hydroxylation sites is 2. The predicted octanol–water partition coefficient (Wildman–Crippen LogP) is 1.31. The van der Waals surface area contributed by atoms with E-state index in [1.807, 2.05) is 38.2 Å². The summed E-state index contributed by atoms with van der Waals surface area (Å²) in [5.41, 5.74) is 1.94. The van der Waals surface area contributed by atoms with E-state index in [0.717, 1.165) is 28.6 Å². The van der Waals surface area contributed by atoms with Gasteiger partial charge in [0, 0.05) is 13.6 Å². The average Bonchev–Trinajstić information content (AvgIpc) is 2.98. The van der Waals surface area contributed by atoms with Crippen LogP contribution in [0, 0.1) is 6.92 Å². The molecule has 0 aliphatic carbocycles. The molecule has 0 fully saturated rings. The van der Waals surface area contributed by atoms with Gasteiger partial charge in [-0.15, -0.1) is 0 Å². The quantitative estimate of drug-likeness (QED) is 0.742. The fraction of sp³-hybridized carbons (Fsp3) is 0.400. The van der Waals surface area contributed by atoms with Crippen molar-refractivity contribution < 1.29 is 5.11 Å². The molecule has 7 heteroatoms. The summed E-state index contributed by atoms with van der Waals surface area (Å²) >= 11 is 0. The molecule has 0 amide bonds. The van der Waals surface area contributed by atoms with Gasteiger partial charge in [0.25, 0.3) is 0 Å². The molecule has 1 aromatic carbocycles. The molecule has 22 heavy (non-hydrogen) atoms. The van der Waals surface area contributed by atoms with Crippen molar-refractivity contribution in [1.82, 2.24) is 24.3 Å². The predicted molar refractivity (Wildman–Crippen MR) is 84.7 cm³/mol. The van der Waals surface area contributed by atoms with Gasteiger partial charge in [-0.05, 0) is 26.0 Å². The molecule has 2 heterocycles. The Morgan fingerprint density at radius 3 is 2.73 bits per heavy atom. The summed E-state index contributed by atoms with van der Waals surface area (Å²) in [4.78, 5) is 9.05. The van der Waals surface area contributed by atoms with E-state index in [4.69, 9.17) is 0 Å². The molecule has 3 rings (SSSR count). The first kappa shape index (κ1) is 14.5. The van der Waals surface area contributed by atoms with E-state index in [1.54, 1.807) is 11.6 Å². The van der Waals surface area contributed by atoms with Crippen LogP contribution in [0.1, 0.15) is 18.6 Å². The van der Waals surface area contributed by atoms with Crippen LogP contribution in [0.5, 0.6) is 0 Å². The SMILES string of the molecule is Cc1nc(Cn2c(NC[C@@H](C)O)nc3ccccc32)n(C)n1. The van der Waals surface area contributed by atoms with Crippen LogP contribution in [0.4, 0.5) is 5.95 Å². The van der Waals surface area contributed by atoms with Gasteiger partial charge in [-0.1, -0.05) is 12.1 Å². The first-order valence-corrected chi connectivity index (χ1v) is 7.28. The van der Waals surface area contributed by atoms with E-state index in [2.05, 4.69) is 25.0 Å². The molecule has 0 spiro atoms. The van der Waals surface area contributed by atoms with Crippen LogP contribution in [0.25, 0.3) is 11.0 Å². The Morgan fingerprint density at radius 1 is 1.27 bits per heavy atom. The second-order valence-corrected chi connectivity index (χ2v) is 5.44. The number of fused-ring (bicyclic) bond motifs is 1. The molecule has 0 saturated heterocycles. The number of aliphatic hydroxyl groups excluding tert-OH is 1. The van der Waals surface area contributed by atoms with Crippen LogP contribution in [0.3, 0.4) is 0 Å². The summed E-state index contributed by atoms with van der Waals surface area (Å²) in [6.45, 7) is 4.63. The lowest BCUT2D eigenvalue weighted by molar-refractivity contribution is 0.208. The van der Waals surface area contributed by atoms with Crippen molar-refractivity contribution in [2.75, 3.05) is 11.9 Å². The second-order valence-electron chi connectivity index (χ2n) is 5.44. The van der Waals surface area contributed by atoms with Crippen LogP contribution >= 0.6 is 0 Å². The fourth-order valence-electron chi connectivity index (χ4n) is 2.44. The summed E-state index contributed by atoms with van der Waals surface area (Å²) in [6.07, 6.45) is -0.440. The van der Waals surface area contributed by atoms with Crippen molar-refractivity contribution in [3.8, 4) is 0 Å². The molecule has 2 N–H and O–H groups in total. The highest BCUT2D eigenvalue weighted by molar-refractivity contribution is 5.78. The van der Waals surface area contributed by atoms with E-state index >= 15 is 0 Å². The molecule has 0 saturated carbocycles.